The first-order valence-corrected chi connectivity index (χ1v) is 7.92. The Bertz CT molecular complexity index is 132. The summed E-state index contributed by atoms with van der Waals surface area (Å²) < 4.78 is 11.0. The van der Waals surface area contributed by atoms with Crippen molar-refractivity contribution in [2.24, 2.45) is 0 Å². The summed E-state index contributed by atoms with van der Waals surface area (Å²) in [5.41, 5.74) is 0. The van der Waals surface area contributed by atoms with Gasteiger partial charge >= 0.3 is 0 Å². The molecule has 0 heterocycles. The number of rotatable bonds is 6. The highest BCUT2D eigenvalue weighted by Gasteiger charge is 2.23. The fourth-order valence-corrected chi connectivity index (χ4v) is 2.28. The molecule has 0 radical (unpaired) electrons. The van der Waals surface area contributed by atoms with Crippen LogP contribution in [-0.4, -0.2) is 28.1 Å². The van der Waals surface area contributed by atoms with E-state index in [4.69, 9.17) is 9.16 Å². The second kappa shape index (κ2) is 4.39. The molecule has 0 saturated heterocycles. The molecular formula is C9H20O2Si. The van der Waals surface area contributed by atoms with E-state index in [0.717, 1.165) is 6.61 Å². The highest BCUT2D eigenvalue weighted by Crippen LogP contribution is 2.24. The van der Waals surface area contributed by atoms with Crippen LogP contribution in [0.15, 0.2) is 0 Å². The number of hydrogen-bond acceptors (Lipinski definition) is 2. The molecule has 0 unspecified atom stereocenters. The predicted molar refractivity (Wildman–Crippen MR) is 52.9 cm³/mol. The lowest BCUT2D eigenvalue weighted by Gasteiger charge is -2.19. The Balaban J connectivity index is 1.92. The molecule has 0 aromatic carbocycles. The van der Waals surface area contributed by atoms with E-state index in [-0.39, 0.29) is 0 Å². The van der Waals surface area contributed by atoms with Crippen molar-refractivity contribution in [2.75, 3.05) is 13.7 Å². The molecule has 2 nitrogen and oxygen atoms in total. The molecule has 1 fully saturated rings. The van der Waals surface area contributed by atoms with Crippen molar-refractivity contribution in [1.29, 1.82) is 0 Å². The summed E-state index contributed by atoms with van der Waals surface area (Å²) >= 11 is 0. The Morgan fingerprint density at radius 1 is 1.33 bits per heavy atom. The lowest BCUT2D eigenvalue weighted by molar-refractivity contribution is 0.119. The fraction of sp³-hybridized carbons (Fsp3) is 1.00. The summed E-state index contributed by atoms with van der Waals surface area (Å²) in [7, 11) is 0.518. The van der Waals surface area contributed by atoms with Crippen molar-refractivity contribution in [3.63, 3.8) is 0 Å². The van der Waals surface area contributed by atoms with Gasteiger partial charge < -0.3 is 9.16 Å². The van der Waals surface area contributed by atoms with Gasteiger partial charge in [-0.25, -0.2) is 0 Å². The van der Waals surface area contributed by atoms with E-state index >= 15 is 0 Å². The average molecular weight is 188 g/mol. The van der Waals surface area contributed by atoms with Crippen LogP contribution in [0.5, 0.6) is 0 Å². The molecule has 72 valence electrons. The maximum atomic E-state index is 5.56. The Kier molecular flexibility index (Phi) is 3.74. The van der Waals surface area contributed by atoms with E-state index < -0.39 is 8.32 Å². The van der Waals surface area contributed by atoms with Crippen molar-refractivity contribution in [2.45, 2.75) is 44.5 Å². The van der Waals surface area contributed by atoms with Gasteiger partial charge in [-0.2, -0.15) is 0 Å². The smallest absolute Gasteiger partial charge is 0.186 e. The molecule has 0 bridgehead atoms. The molecule has 1 aliphatic carbocycles. The Hall–Kier alpha value is 0.137. The zero-order valence-corrected chi connectivity index (χ0v) is 9.43. The number of hydrogen-bond donors (Lipinski definition) is 0. The second-order valence-corrected chi connectivity index (χ2v) is 8.57. The van der Waals surface area contributed by atoms with Crippen LogP contribution in [0.25, 0.3) is 0 Å². The molecule has 0 aromatic heterocycles. The summed E-state index contributed by atoms with van der Waals surface area (Å²) in [6.07, 6.45) is 4.34. The van der Waals surface area contributed by atoms with Crippen LogP contribution in [0.3, 0.4) is 0 Å². The van der Waals surface area contributed by atoms with Crippen LogP contribution < -0.4 is 0 Å². The van der Waals surface area contributed by atoms with E-state index in [1.165, 1.54) is 25.3 Å². The topological polar surface area (TPSA) is 18.5 Å². The van der Waals surface area contributed by atoms with Gasteiger partial charge in [0.1, 0.15) is 0 Å². The van der Waals surface area contributed by atoms with Crippen molar-refractivity contribution < 1.29 is 9.16 Å². The van der Waals surface area contributed by atoms with Crippen LogP contribution in [0.1, 0.15) is 19.3 Å². The van der Waals surface area contributed by atoms with Gasteiger partial charge in [-0.3, -0.25) is 0 Å². The number of ether oxygens (including phenoxy) is 1. The largest absolute Gasteiger partial charge is 0.420 e. The lowest BCUT2D eigenvalue weighted by Crippen LogP contribution is -2.28. The lowest BCUT2D eigenvalue weighted by atomic mass is 10.5. The quantitative estimate of drug-likeness (QED) is 0.471. The molecule has 0 aliphatic heterocycles. The minimum atomic E-state index is -1.31. The molecule has 0 N–H and O–H groups in total. The Morgan fingerprint density at radius 2 is 2.00 bits per heavy atom. The van der Waals surface area contributed by atoms with E-state index in [0.29, 0.717) is 6.10 Å². The maximum absolute atomic E-state index is 5.56. The van der Waals surface area contributed by atoms with Gasteiger partial charge in [-0.1, -0.05) is 0 Å². The molecular weight excluding hydrogens is 168 g/mol. The van der Waals surface area contributed by atoms with Crippen molar-refractivity contribution in [1.82, 2.24) is 0 Å². The average Bonchev–Trinajstić information content (AvgIpc) is 2.82. The third kappa shape index (κ3) is 4.23. The van der Waals surface area contributed by atoms with Crippen LogP contribution >= 0.6 is 0 Å². The summed E-state index contributed by atoms with van der Waals surface area (Å²) in [4.78, 5) is 0. The summed E-state index contributed by atoms with van der Waals surface area (Å²) in [6, 6.07) is 1.22. The third-order valence-electron chi connectivity index (χ3n) is 2.35. The Labute approximate surface area is 76.4 Å². The molecule has 0 amide bonds. The summed E-state index contributed by atoms with van der Waals surface area (Å²) in [5, 5.41) is 0. The molecule has 1 aliphatic rings. The molecule has 0 atom stereocenters. The SMILES string of the molecule is CO[Si](C)(C)CCCOC1CC1. The normalized spacial score (nSPS) is 18.2. The van der Waals surface area contributed by atoms with Crippen molar-refractivity contribution in [3.8, 4) is 0 Å². The van der Waals surface area contributed by atoms with Crippen LogP contribution in [0.2, 0.25) is 19.1 Å². The molecule has 3 heteroatoms. The molecule has 0 spiro atoms. The second-order valence-electron chi connectivity index (χ2n) is 4.14. The Morgan fingerprint density at radius 3 is 2.50 bits per heavy atom. The van der Waals surface area contributed by atoms with Gasteiger partial charge in [-0.15, -0.1) is 0 Å². The summed E-state index contributed by atoms with van der Waals surface area (Å²) in [5.74, 6) is 0. The monoisotopic (exact) mass is 188 g/mol. The van der Waals surface area contributed by atoms with Crippen molar-refractivity contribution in [3.05, 3.63) is 0 Å². The van der Waals surface area contributed by atoms with Gasteiger partial charge in [0.25, 0.3) is 0 Å². The predicted octanol–water partition coefficient (Wildman–Crippen LogP) is 2.41. The van der Waals surface area contributed by atoms with Crippen molar-refractivity contribution >= 4 is 8.32 Å². The minimum absolute atomic E-state index is 0.609. The van der Waals surface area contributed by atoms with E-state index in [1.807, 2.05) is 7.11 Å². The summed E-state index contributed by atoms with van der Waals surface area (Å²) in [6.45, 7) is 5.44. The fourth-order valence-electron chi connectivity index (χ4n) is 1.08. The standard InChI is InChI=1S/C9H20O2Si/c1-10-12(2,3)8-4-7-11-9-5-6-9/h9H,4-8H2,1-3H3. The first-order valence-electron chi connectivity index (χ1n) is 4.81. The maximum Gasteiger partial charge on any atom is 0.186 e. The van der Waals surface area contributed by atoms with Gasteiger partial charge in [0.05, 0.1) is 6.10 Å². The highest BCUT2D eigenvalue weighted by molar-refractivity contribution is 6.71. The van der Waals surface area contributed by atoms with E-state index in [1.54, 1.807) is 0 Å². The first kappa shape index (κ1) is 10.2. The van der Waals surface area contributed by atoms with Gasteiger partial charge in [-0.05, 0) is 38.4 Å². The first-order chi connectivity index (χ1) is 5.64. The van der Waals surface area contributed by atoms with Gasteiger partial charge in [0, 0.05) is 13.7 Å². The van der Waals surface area contributed by atoms with E-state index in [9.17, 15) is 0 Å². The highest BCUT2D eigenvalue weighted by atomic mass is 28.4. The third-order valence-corrected chi connectivity index (χ3v) is 5.02. The van der Waals surface area contributed by atoms with Crippen LogP contribution in [0.4, 0.5) is 0 Å². The zero-order chi connectivity index (χ0) is 9.03. The molecule has 12 heavy (non-hydrogen) atoms. The minimum Gasteiger partial charge on any atom is -0.420 e. The van der Waals surface area contributed by atoms with Crippen LogP contribution in [0, 0.1) is 0 Å². The molecule has 1 saturated carbocycles. The molecule has 0 aromatic rings. The van der Waals surface area contributed by atoms with E-state index in [2.05, 4.69) is 13.1 Å². The van der Waals surface area contributed by atoms with Gasteiger partial charge in [0.2, 0.25) is 0 Å². The molecule has 1 rings (SSSR count). The van der Waals surface area contributed by atoms with Crippen LogP contribution in [-0.2, 0) is 9.16 Å². The van der Waals surface area contributed by atoms with Gasteiger partial charge in [0.15, 0.2) is 8.32 Å². The zero-order valence-electron chi connectivity index (χ0n) is 8.43.